The molecule has 2 unspecified atom stereocenters. The van der Waals surface area contributed by atoms with Gasteiger partial charge in [-0.1, -0.05) is 0 Å². The molecule has 0 aromatic carbocycles. The highest BCUT2D eigenvalue weighted by atomic mass is 32.2. The van der Waals surface area contributed by atoms with E-state index in [-0.39, 0.29) is 18.0 Å². The van der Waals surface area contributed by atoms with E-state index < -0.39 is 0 Å². The molecular weight excluding hydrogens is 230 g/mol. The van der Waals surface area contributed by atoms with Crippen molar-refractivity contribution in [3.8, 4) is 0 Å². The minimum Gasteiger partial charge on any atom is -0.346 e. The van der Waals surface area contributed by atoms with Gasteiger partial charge in [0, 0.05) is 23.2 Å². The van der Waals surface area contributed by atoms with Crippen LogP contribution in [-0.2, 0) is 4.79 Å². The van der Waals surface area contributed by atoms with Crippen molar-refractivity contribution in [3.05, 3.63) is 16.6 Å². The number of nitrogens with zero attached hydrogens (tertiary/aromatic N) is 1. The molecule has 1 amide bonds. The molecule has 1 aromatic heterocycles. The van der Waals surface area contributed by atoms with Crippen LogP contribution < -0.4 is 10.6 Å². The fourth-order valence-electron chi connectivity index (χ4n) is 1.39. The molecular formula is C9H13N3OS2. The summed E-state index contributed by atoms with van der Waals surface area (Å²) in [6.45, 7) is 1.96. The maximum absolute atomic E-state index is 11.7. The molecule has 82 valence electrons. The number of thioether (sulfide) groups is 1. The molecule has 1 aliphatic rings. The number of nitrogens with one attached hydrogen (secondary N) is 2. The maximum Gasteiger partial charge on any atom is 0.238 e. The van der Waals surface area contributed by atoms with Gasteiger partial charge in [-0.2, -0.15) is 0 Å². The highest BCUT2D eigenvalue weighted by Crippen LogP contribution is 2.16. The van der Waals surface area contributed by atoms with E-state index in [1.165, 1.54) is 0 Å². The normalized spacial score (nSPS) is 22.6. The Morgan fingerprint density at radius 1 is 1.80 bits per heavy atom. The molecule has 0 aliphatic carbocycles. The van der Waals surface area contributed by atoms with Crippen molar-refractivity contribution in [2.24, 2.45) is 0 Å². The molecule has 0 saturated carbocycles. The average Bonchev–Trinajstić information content (AvgIpc) is 2.91. The Labute approximate surface area is 96.9 Å². The van der Waals surface area contributed by atoms with Crippen LogP contribution in [0.15, 0.2) is 11.6 Å². The van der Waals surface area contributed by atoms with Gasteiger partial charge in [0.2, 0.25) is 5.91 Å². The summed E-state index contributed by atoms with van der Waals surface area (Å²) in [6.07, 6.45) is 1.76. The van der Waals surface area contributed by atoms with E-state index in [2.05, 4.69) is 15.6 Å². The fourth-order valence-corrected chi connectivity index (χ4v) is 2.98. The Balaban J connectivity index is 1.88. The third-order valence-electron chi connectivity index (χ3n) is 2.21. The van der Waals surface area contributed by atoms with Crippen molar-refractivity contribution in [3.63, 3.8) is 0 Å². The molecule has 2 N–H and O–H groups in total. The second-order valence-corrected chi connectivity index (χ2v) is 5.33. The van der Waals surface area contributed by atoms with E-state index in [9.17, 15) is 4.79 Å². The van der Waals surface area contributed by atoms with Crippen molar-refractivity contribution >= 4 is 29.0 Å². The molecule has 2 atom stereocenters. The third-order valence-corrected chi connectivity index (χ3v) is 4.11. The summed E-state index contributed by atoms with van der Waals surface area (Å²) >= 11 is 3.31. The summed E-state index contributed by atoms with van der Waals surface area (Å²) < 4.78 is 0. The van der Waals surface area contributed by atoms with Gasteiger partial charge in [0.1, 0.15) is 5.01 Å². The van der Waals surface area contributed by atoms with Gasteiger partial charge in [-0.15, -0.1) is 23.1 Å². The molecule has 1 aliphatic heterocycles. The smallest absolute Gasteiger partial charge is 0.238 e. The van der Waals surface area contributed by atoms with Crippen molar-refractivity contribution in [1.82, 2.24) is 15.6 Å². The Hall–Kier alpha value is -0.590. The minimum absolute atomic E-state index is 0.00454. The van der Waals surface area contributed by atoms with Crippen LogP contribution in [0.3, 0.4) is 0 Å². The lowest BCUT2D eigenvalue weighted by Crippen LogP contribution is -2.42. The number of hydrogen-bond donors (Lipinski definition) is 2. The van der Waals surface area contributed by atoms with Gasteiger partial charge in [0.15, 0.2) is 0 Å². The second-order valence-electron chi connectivity index (χ2n) is 3.37. The van der Waals surface area contributed by atoms with Crippen LogP contribution in [0.1, 0.15) is 18.0 Å². The number of thiazole rings is 1. The molecule has 0 spiro atoms. The third kappa shape index (κ3) is 2.70. The summed E-state index contributed by atoms with van der Waals surface area (Å²) in [5.74, 6) is 1.79. The number of amides is 1. The Kier molecular flexibility index (Phi) is 3.61. The number of hydrogen-bond acceptors (Lipinski definition) is 5. The quantitative estimate of drug-likeness (QED) is 0.831. The lowest BCUT2D eigenvalue weighted by molar-refractivity contribution is -0.123. The van der Waals surface area contributed by atoms with E-state index in [1.807, 2.05) is 12.3 Å². The fraction of sp³-hybridized carbons (Fsp3) is 0.556. The largest absolute Gasteiger partial charge is 0.346 e. The molecule has 2 rings (SSSR count). The molecule has 1 saturated heterocycles. The Morgan fingerprint density at radius 2 is 2.67 bits per heavy atom. The maximum atomic E-state index is 11.7. The number of carbonyl (C=O) groups excluding carboxylic acids is 1. The van der Waals surface area contributed by atoms with E-state index in [1.54, 1.807) is 29.3 Å². The van der Waals surface area contributed by atoms with Gasteiger partial charge in [-0.3, -0.25) is 10.1 Å². The zero-order chi connectivity index (χ0) is 10.7. The van der Waals surface area contributed by atoms with E-state index >= 15 is 0 Å². The van der Waals surface area contributed by atoms with E-state index in [4.69, 9.17) is 0 Å². The van der Waals surface area contributed by atoms with Gasteiger partial charge >= 0.3 is 0 Å². The van der Waals surface area contributed by atoms with Crippen LogP contribution in [0.4, 0.5) is 0 Å². The standard InChI is InChI=1S/C9H13N3OS2/c1-6(9-10-2-3-15-9)12-8(13)7-4-14-5-11-7/h2-3,6-7,11H,4-5H2,1H3,(H,12,13). The topological polar surface area (TPSA) is 54.0 Å². The Morgan fingerprint density at radius 3 is 3.27 bits per heavy atom. The summed E-state index contributed by atoms with van der Waals surface area (Å²) in [5.41, 5.74) is 0. The first-order valence-corrected chi connectivity index (χ1v) is 6.81. The van der Waals surface area contributed by atoms with Crippen LogP contribution in [-0.4, -0.2) is 28.6 Å². The molecule has 4 nitrogen and oxygen atoms in total. The van der Waals surface area contributed by atoms with Crippen LogP contribution >= 0.6 is 23.1 Å². The SMILES string of the molecule is CC(NC(=O)C1CSCN1)c1nccs1. The van der Waals surface area contributed by atoms with Crippen molar-refractivity contribution in [2.45, 2.75) is 19.0 Å². The monoisotopic (exact) mass is 243 g/mol. The van der Waals surface area contributed by atoms with Gasteiger partial charge in [0.05, 0.1) is 12.1 Å². The molecule has 2 heterocycles. The first-order valence-electron chi connectivity index (χ1n) is 4.78. The molecule has 15 heavy (non-hydrogen) atoms. The van der Waals surface area contributed by atoms with Gasteiger partial charge in [-0.25, -0.2) is 4.98 Å². The zero-order valence-corrected chi connectivity index (χ0v) is 10.0. The molecule has 1 fully saturated rings. The summed E-state index contributed by atoms with van der Waals surface area (Å²) in [7, 11) is 0. The minimum atomic E-state index is -0.0441. The van der Waals surface area contributed by atoms with Gasteiger partial charge < -0.3 is 5.32 Å². The predicted octanol–water partition coefficient (Wildman–Crippen LogP) is 0.983. The van der Waals surface area contributed by atoms with E-state index in [0.717, 1.165) is 16.6 Å². The van der Waals surface area contributed by atoms with Crippen LogP contribution in [0.2, 0.25) is 0 Å². The number of aromatic nitrogens is 1. The van der Waals surface area contributed by atoms with Crippen molar-refractivity contribution in [2.75, 3.05) is 11.6 Å². The molecule has 0 radical (unpaired) electrons. The number of rotatable bonds is 3. The van der Waals surface area contributed by atoms with Gasteiger partial charge in [-0.05, 0) is 6.92 Å². The second kappa shape index (κ2) is 4.96. The van der Waals surface area contributed by atoms with Crippen LogP contribution in [0.5, 0.6) is 0 Å². The van der Waals surface area contributed by atoms with Crippen molar-refractivity contribution in [1.29, 1.82) is 0 Å². The summed E-state index contributed by atoms with van der Waals surface area (Å²) in [4.78, 5) is 15.9. The average molecular weight is 243 g/mol. The molecule has 0 bridgehead atoms. The summed E-state index contributed by atoms with van der Waals surface area (Å²) in [5, 5.41) is 8.97. The lowest BCUT2D eigenvalue weighted by Gasteiger charge is -2.14. The van der Waals surface area contributed by atoms with Gasteiger partial charge in [0.25, 0.3) is 0 Å². The lowest BCUT2D eigenvalue weighted by atomic mass is 10.3. The van der Waals surface area contributed by atoms with Crippen LogP contribution in [0, 0.1) is 0 Å². The highest BCUT2D eigenvalue weighted by molar-refractivity contribution is 7.99. The first-order chi connectivity index (χ1) is 7.27. The highest BCUT2D eigenvalue weighted by Gasteiger charge is 2.24. The zero-order valence-electron chi connectivity index (χ0n) is 8.40. The molecule has 1 aromatic rings. The Bertz CT molecular complexity index is 322. The molecule has 6 heteroatoms. The van der Waals surface area contributed by atoms with Crippen molar-refractivity contribution < 1.29 is 4.79 Å². The van der Waals surface area contributed by atoms with E-state index in [0.29, 0.717) is 0 Å². The van der Waals surface area contributed by atoms with Crippen LogP contribution in [0.25, 0.3) is 0 Å². The predicted molar refractivity (Wildman–Crippen MR) is 62.9 cm³/mol. The number of carbonyl (C=O) groups is 1. The summed E-state index contributed by atoms with van der Waals surface area (Å²) in [6, 6.07) is -0.0395. The first kappa shape index (κ1) is 10.9.